The van der Waals surface area contributed by atoms with E-state index in [1.165, 1.54) is 0 Å². The average molecular weight is 184 g/mol. The molecule has 1 atom stereocenters. The molecule has 0 bridgehead atoms. The summed E-state index contributed by atoms with van der Waals surface area (Å²) in [5, 5.41) is 5.44. The number of carbonyl (C=O) groups excluding carboxylic acids is 2. The van der Waals surface area contributed by atoms with Crippen LogP contribution in [0, 0.1) is 0 Å². The van der Waals surface area contributed by atoms with Crippen LogP contribution in [0.25, 0.3) is 0 Å². The summed E-state index contributed by atoms with van der Waals surface area (Å²) in [6.45, 7) is 3.46. The van der Waals surface area contributed by atoms with E-state index in [4.69, 9.17) is 0 Å². The van der Waals surface area contributed by atoms with Crippen molar-refractivity contribution >= 4 is 11.8 Å². The Morgan fingerprint density at radius 2 is 2.08 bits per heavy atom. The monoisotopic (exact) mass is 184 g/mol. The van der Waals surface area contributed by atoms with E-state index in [2.05, 4.69) is 10.6 Å². The third-order valence-corrected chi connectivity index (χ3v) is 2.02. The Labute approximate surface area is 78.1 Å². The lowest BCUT2D eigenvalue weighted by atomic mass is 10.3. The van der Waals surface area contributed by atoms with Crippen molar-refractivity contribution in [3.8, 4) is 0 Å². The van der Waals surface area contributed by atoms with Crippen molar-refractivity contribution < 1.29 is 9.59 Å². The molecule has 0 heterocycles. The van der Waals surface area contributed by atoms with Gasteiger partial charge in [0, 0.05) is 12.5 Å². The second-order valence-electron chi connectivity index (χ2n) is 3.43. The third kappa shape index (κ3) is 3.44. The second kappa shape index (κ2) is 4.25. The summed E-state index contributed by atoms with van der Waals surface area (Å²) in [6.07, 6.45) is 2.56. The quantitative estimate of drug-likeness (QED) is 0.654. The number of carbonyl (C=O) groups is 2. The number of hydrogen-bond acceptors (Lipinski definition) is 2. The van der Waals surface area contributed by atoms with Gasteiger partial charge in [-0.3, -0.25) is 9.59 Å². The van der Waals surface area contributed by atoms with E-state index in [-0.39, 0.29) is 11.8 Å². The first kappa shape index (κ1) is 10.0. The summed E-state index contributed by atoms with van der Waals surface area (Å²) < 4.78 is 0. The molecule has 4 nitrogen and oxygen atoms in total. The van der Waals surface area contributed by atoms with Gasteiger partial charge in [0.1, 0.15) is 6.04 Å². The van der Waals surface area contributed by atoms with E-state index in [0.29, 0.717) is 12.5 Å². The lowest BCUT2D eigenvalue weighted by molar-refractivity contribution is -0.128. The highest BCUT2D eigenvalue weighted by Gasteiger charge is 2.25. The number of hydrogen-bond donors (Lipinski definition) is 2. The van der Waals surface area contributed by atoms with Gasteiger partial charge in [-0.15, -0.1) is 0 Å². The Hall–Kier alpha value is -1.06. The maximum absolute atomic E-state index is 11.3. The highest BCUT2D eigenvalue weighted by atomic mass is 16.2. The van der Waals surface area contributed by atoms with Crippen molar-refractivity contribution in [1.29, 1.82) is 0 Å². The molecular formula is C9H16N2O2. The van der Waals surface area contributed by atoms with E-state index in [9.17, 15) is 9.59 Å². The normalized spacial score (nSPS) is 17.7. The molecule has 2 N–H and O–H groups in total. The van der Waals surface area contributed by atoms with Crippen molar-refractivity contribution in [3.05, 3.63) is 0 Å². The lowest BCUT2D eigenvalue weighted by Gasteiger charge is -2.12. The highest BCUT2D eigenvalue weighted by molar-refractivity contribution is 5.87. The first-order valence-corrected chi connectivity index (χ1v) is 4.73. The second-order valence-corrected chi connectivity index (χ2v) is 3.43. The Balaban J connectivity index is 2.23. The largest absolute Gasteiger partial charge is 0.352 e. The van der Waals surface area contributed by atoms with Gasteiger partial charge in [-0.25, -0.2) is 0 Å². The molecule has 2 amide bonds. The minimum absolute atomic E-state index is 0.0794. The summed E-state index contributed by atoms with van der Waals surface area (Å²) in [4.78, 5) is 22.3. The van der Waals surface area contributed by atoms with Crippen molar-refractivity contribution in [3.63, 3.8) is 0 Å². The predicted molar refractivity (Wildman–Crippen MR) is 49.1 cm³/mol. The van der Waals surface area contributed by atoms with Crippen molar-refractivity contribution in [1.82, 2.24) is 10.6 Å². The summed E-state index contributed by atoms with van der Waals surface area (Å²) in [6, 6.07) is -0.0541. The molecule has 0 aliphatic heterocycles. The molecule has 0 aromatic rings. The van der Waals surface area contributed by atoms with E-state index < -0.39 is 6.04 Å². The van der Waals surface area contributed by atoms with Crippen LogP contribution in [0.5, 0.6) is 0 Å². The van der Waals surface area contributed by atoms with Crippen LogP contribution in [0.15, 0.2) is 0 Å². The fraction of sp³-hybridized carbons (Fsp3) is 0.778. The molecule has 0 radical (unpaired) electrons. The molecule has 1 aliphatic rings. The van der Waals surface area contributed by atoms with Gasteiger partial charge in [-0.05, 0) is 19.8 Å². The number of amides is 2. The molecule has 0 aromatic carbocycles. The van der Waals surface area contributed by atoms with E-state index >= 15 is 0 Å². The molecule has 74 valence electrons. The van der Waals surface area contributed by atoms with Gasteiger partial charge in [0.25, 0.3) is 0 Å². The van der Waals surface area contributed by atoms with Gasteiger partial charge in [0.15, 0.2) is 0 Å². The van der Waals surface area contributed by atoms with Crippen molar-refractivity contribution in [2.24, 2.45) is 0 Å². The van der Waals surface area contributed by atoms with Gasteiger partial charge in [-0.2, -0.15) is 0 Å². The molecule has 0 unspecified atom stereocenters. The molecule has 0 saturated heterocycles. The topological polar surface area (TPSA) is 58.2 Å². The summed E-state index contributed by atoms with van der Waals surface area (Å²) in [5.41, 5.74) is 0. The van der Waals surface area contributed by atoms with Crippen LogP contribution in [-0.2, 0) is 9.59 Å². The van der Waals surface area contributed by atoms with Gasteiger partial charge in [0.2, 0.25) is 11.8 Å². The van der Waals surface area contributed by atoms with Crippen LogP contribution in [0.3, 0.4) is 0 Å². The molecule has 4 heteroatoms. The van der Waals surface area contributed by atoms with Gasteiger partial charge >= 0.3 is 0 Å². The SMILES string of the molecule is CCC(=O)N[C@H](C)C(=O)NC1CC1. The molecule has 1 aliphatic carbocycles. The molecule has 1 fully saturated rings. The van der Waals surface area contributed by atoms with Gasteiger partial charge < -0.3 is 10.6 Å². The Kier molecular flexibility index (Phi) is 3.28. The zero-order chi connectivity index (χ0) is 9.84. The molecule has 0 aromatic heterocycles. The summed E-state index contributed by atoms with van der Waals surface area (Å²) >= 11 is 0. The highest BCUT2D eigenvalue weighted by Crippen LogP contribution is 2.18. The fourth-order valence-electron chi connectivity index (χ4n) is 0.963. The first-order valence-electron chi connectivity index (χ1n) is 4.73. The van der Waals surface area contributed by atoms with Crippen LogP contribution >= 0.6 is 0 Å². The predicted octanol–water partition coefficient (Wildman–Crippen LogP) is 0.180. The summed E-state index contributed by atoms with van der Waals surface area (Å²) in [7, 11) is 0. The van der Waals surface area contributed by atoms with Crippen LogP contribution < -0.4 is 10.6 Å². The zero-order valence-corrected chi connectivity index (χ0v) is 8.09. The van der Waals surface area contributed by atoms with Crippen LogP contribution in [0.2, 0.25) is 0 Å². The Bertz CT molecular complexity index is 212. The molecule has 1 rings (SSSR count). The Morgan fingerprint density at radius 3 is 2.54 bits per heavy atom. The van der Waals surface area contributed by atoms with Crippen molar-refractivity contribution in [2.75, 3.05) is 0 Å². The Morgan fingerprint density at radius 1 is 1.46 bits per heavy atom. The smallest absolute Gasteiger partial charge is 0.242 e. The van der Waals surface area contributed by atoms with E-state index in [1.807, 2.05) is 0 Å². The average Bonchev–Trinajstić information content (AvgIpc) is 2.87. The van der Waals surface area contributed by atoms with Crippen LogP contribution in [0.4, 0.5) is 0 Å². The van der Waals surface area contributed by atoms with Crippen molar-refractivity contribution in [2.45, 2.75) is 45.2 Å². The van der Waals surface area contributed by atoms with E-state index in [1.54, 1.807) is 13.8 Å². The number of nitrogens with one attached hydrogen (secondary N) is 2. The van der Waals surface area contributed by atoms with Gasteiger partial charge in [0.05, 0.1) is 0 Å². The minimum Gasteiger partial charge on any atom is -0.352 e. The lowest BCUT2D eigenvalue weighted by Crippen LogP contribution is -2.45. The minimum atomic E-state index is -0.409. The molecule has 0 spiro atoms. The first-order chi connectivity index (χ1) is 6.13. The van der Waals surface area contributed by atoms with Crippen LogP contribution in [0.1, 0.15) is 33.1 Å². The standard InChI is InChI=1S/C9H16N2O2/c1-3-8(12)10-6(2)9(13)11-7-4-5-7/h6-7H,3-5H2,1-2H3,(H,10,12)(H,11,13)/t6-/m1/s1. The van der Waals surface area contributed by atoms with E-state index in [0.717, 1.165) is 12.8 Å². The third-order valence-electron chi connectivity index (χ3n) is 2.02. The maximum Gasteiger partial charge on any atom is 0.242 e. The molecule has 13 heavy (non-hydrogen) atoms. The fourth-order valence-corrected chi connectivity index (χ4v) is 0.963. The molecule has 1 saturated carbocycles. The van der Waals surface area contributed by atoms with Crippen LogP contribution in [-0.4, -0.2) is 23.9 Å². The maximum atomic E-state index is 11.3. The zero-order valence-electron chi connectivity index (χ0n) is 8.09. The summed E-state index contributed by atoms with van der Waals surface area (Å²) in [5.74, 6) is -0.164. The molecular weight excluding hydrogens is 168 g/mol. The van der Waals surface area contributed by atoms with Gasteiger partial charge in [-0.1, -0.05) is 6.92 Å². The number of rotatable bonds is 4.